The third-order valence-electron chi connectivity index (χ3n) is 3.32. The summed E-state index contributed by atoms with van der Waals surface area (Å²) >= 11 is 0. The predicted molar refractivity (Wildman–Crippen MR) is 88.5 cm³/mol. The Morgan fingerprint density at radius 1 is 1.20 bits per heavy atom. The van der Waals surface area contributed by atoms with Crippen molar-refractivity contribution < 1.29 is 22.7 Å². The first-order valence-corrected chi connectivity index (χ1v) is 7.59. The Balaban J connectivity index is 1.84. The lowest BCUT2D eigenvalue weighted by Gasteiger charge is -2.07. The van der Waals surface area contributed by atoms with E-state index >= 15 is 0 Å². The first-order chi connectivity index (χ1) is 11.9. The van der Waals surface area contributed by atoms with E-state index in [0.29, 0.717) is 5.75 Å². The van der Waals surface area contributed by atoms with Gasteiger partial charge in [0, 0.05) is 0 Å². The Labute approximate surface area is 143 Å². The molecule has 0 aliphatic rings. The molecule has 0 atom stereocenters. The number of hydrogen-bond acceptors (Lipinski definition) is 3. The number of carbonyl (C=O) groups is 1. The highest BCUT2D eigenvalue weighted by Crippen LogP contribution is 2.29. The fraction of sp³-hybridized carbons (Fsp3) is 0.222. The Morgan fingerprint density at radius 3 is 2.56 bits per heavy atom. The molecule has 25 heavy (non-hydrogen) atoms. The molecule has 0 saturated carbocycles. The van der Waals surface area contributed by atoms with E-state index in [0.717, 1.165) is 30.3 Å². The van der Waals surface area contributed by atoms with Crippen molar-refractivity contribution >= 4 is 12.1 Å². The second-order valence-corrected chi connectivity index (χ2v) is 5.20. The van der Waals surface area contributed by atoms with Crippen LogP contribution in [0, 0.1) is 0 Å². The van der Waals surface area contributed by atoms with Crippen molar-refractivity contribution in [2.24, 2.45) is 5.10 Å². The highest BCUT2D eigenvalue weighted by Gasteiger charge is 2.30. The van der Waals surface area contributed by atoms with Crippen LogP contribution in [-0.2, 0) is 17.4 Å². The third-order valence-corrected chi connectivity index (χ3v) is 3.32. The van der Waals surface area contributed by atoms with Crippen molar-refractivity contribution in [2.75, 3.05) is 6.61 Å². The van der Waals surface area contributed by atoms with E-state index in [1.807, 2.05) is 19.1 Å². The number of hydrazone groups is 1. The van der Waals surface area contributed by atoms with Crippen molar-refractivity contribution in [3.8, 4) is 5.75 Å². The molecule has 0 aromatic heterocycles. The van der Waals surface area contributed by atoms with Gasteiger partial charge in [-0.05, 0) is 41.8 Å². The zero-order valence-electron chi connectivity index (χ0n) is 13.5. The van der Waals surface area contributed by atoms with E-state index in [-0.39, 0.29) is 12.2 Å². The molecule has 2 rings (SSSR count). The molecule has 4 nitrogen and oxygen atoms in total. The second-order valence-electron chi connectivity index (χ2n) is 5.20. The van der Waals surface area contributed by atoms with Gasteiger partial charge in [-0.3, -0.25) is 4.79 Å². The average molecular weight is 350 g/mol. The molecule has 0 aliphatic heterocycles. The van der Waals surface area contributed by atoms with E-state index in [4.69, 9.17) is 4.74 Å². The number of ether oxygens (including phenoxy) is 1. The molecule has 2 aromatic carbocycles. The number of amides is 1. The van der Waals surface area contributed by atoms with Gasteiger partial charge in [-0.1, -0.05) is 31.2 Å². The van der Waals surface area contributed by atoms with Gasteiger partial charge in [-0.15, -0.1) is 0 Å². The van der Waals surface area contributed by atoms with Gasteiger partial charge in [-0.25, -0.2) is 5.43 Å². The maximum absolute atomic E-state index is 12.6. The zero-order valence-corrected chi connectivity index (χ0v) is 13.5. The highest BCUT2D eigenvalue weighted by atomic mass is 19.4. The lowest BCUT2D eigenvalue weighted by atomic mass is 10.1. The van der Waals surface area contributed by atoms with Crippen LogP contribution in [-0.4, -0.2) is 18.7 Å². The van der Waals surface area contributed by atoms with Gasteiger partial charge in [0.05, 0.1) is 11.8 Å². The van der Waals surface area contributed by atoms with Crippen LogP contribution >= 0.6 is 0 Å². The summed E-state index contributed by atoms with van der Waals surface area (Å²) in [7, 11) is 0. The molecule has 2 aromatic rings. The van der Waals surface area contributed by atoms with Crippen LogP contribution in [0.15, 0.2) is 53.6 Å². The van der Waals surface area contributed by atoms with Gasteiger partial charge in [0.15, 0.2) is 6.61 Å². The van der Waals surface area contributed by atoms with Crippen LogP contribution < -0.4 is 10.2 Å². The number of nitrogens with zero attached hydrogens (tertiary/aromatic N) is 1. The Hall–Kier alpha value is -2.83. The SMILES string of the molecule is CCc1ccc(OCC(=O)N/N=C/c2cccc(C(F)(F)F)c2)cc1. The molecule has 7 heteroatoms. The van der Waals surface area contributed by atoms with Crippen LogP contribution in [0.4, 0.5) is 13.2 Å². The first-order valence-electron chi connectivity index (χ1n) is 7.59. The third kappa shape index (κ3) is 5.95. The number of carbonyl (C=O) groups excluding carboxylic acids is 1. The summed E-state index contributed by atoms with van der Waals surface area (Å²) in [6.07, 6.45) is -2.37. The standard InChI is InChI=1S/C18H17F3N2O2/c1-2-13-6-8-16(9-7-13)25-12-17(24)23-22-11-14-4-3-5-15(10-14)18(19,20)21/h3-11H,2,12H2,1H3,(H,23,24)/b22-11+. The summed E-state index contributed by atoms with van der Waals surface area (Å²) in [4.78, 5) is 11.6. The van der Waals surface area contributed by atoms with E-state index in [2.05, 4.69) is 10.5 Å². The highest BCUT2D eigenvalue weighted by molar-refractivity contribution is 5.83. The van der Waals surface area contributed by atoms with Crippen LogP contribution in [0.3, 0.4) is 0 Å². The molecular formula is C18H17F3N2O2. The molecule has 0 unspecified atom stereocenters. The van der Waals surface area contributed by atoms with Crippen LogP contribution in [0.1, 0.15) is 23.6 Å². The van der Waals surface area contributed by atoms with E-state index < -0.39 is 17.6 Å². The minimum Gasteiger partial charge on any atom is -0.484 e. The van der Waals surface area contributed by atoms with Gasteiger partial charge in [-0.2, -0.15) is 18.3 Å². The van der Waals surface area contributed by atoms with Gasteiger partial charge >= 0.3 is 6.18 Å². The van der Waals surface area contributed by atoms with Crippen LogP contribution in [0.2, 0.25) is 0 Å². The molecule has 0 spiro atoms. The van der Waals surface area contributed by atoms with Gasteiger partial charge in [0.2, 0.25) is 0 Å². The topological polar surface area (TPSA) is 50.7 Å². The van der Waals surface area contributed by atoms with Gasteiger partial charge < -0.3 is 4.74 Å². The van der Waals surface area contributed by atoms with Gasteiger partial charge in [0.25, 0.3) is 5.91 Å². The normalized spacial score (nSPS) is 11.5. The number of nitrogens with one attached hydrogen (secondary N) is 1. The predicted octanol–water partition coefficient (Wildman–Crippen LogP) is 3.80. The number of benzene rings is 2. The van der Waals surface area contributed by atoms with Crippen LogP contribution in [0.5, 0.6) is 5.75 Å². The van der Waals surface area contributed by atoms with Crippen LogP contribution in [0.25, 0.3) is 0 Å². The molecular weight excluding hydrogens is 333 g/mol. The lowest BCUT2D eigenvalue weighted by molar-refractivity contribution is -0.137. The summed E-state index contributed by atoms with van der Waals surface area (Å²) in [6.45, 7) is 1.79. The largest absolute Gasteiger partial charge is 0.484 e. The van der Waals surface area contributed by atoms with Gasteiger partial charge in [0.1, 0.15) is 5.75 Å². The molecule has 1 amide bonds. The summed E-state index contributed by atoms with van der Waals surface area (Å²) in [5, 5.41) is 3.63. The van der Waals surface area contributed by atoms with Crippen molar-refractivity contribution in [3.05, 3.63) is 65.2 Å². The minimum atomic E-state index is -4.42. The quantitative estimate of drug-likeness (QED) is 0.636. The average Bonchev–Trinajstić information content (AvgIpc) is 2.60. The number of alkyl halides is 3. The summed E-state index contributed by atoms with van der Waals surface area (Å²) in [6, 6.07) is 12.0. The number of aryl methyl sites for hydroxylation is 1. The maximum atomic E-state index is 12.6. The minimum absolute atomic E-state index is 0.228. The van der Waals surface area contributed by atoms with Crippen molar-refractivity contribution in [3.63, 3.8) is 0 Å². The fourth-order valence-electron chi connectivity index (χ4n) is 1.98. The maximum Gasteiger partial charge on any atom is 0.416 e. The number of hydrogen-bond donors (Lipinski definition) is 1. The molecule has 0 radical (unpaired) electrons. The van der Waals surface area contributed by atoms with Crippen molar-refractivity contribution in [1.29, 1.82) is 0 Å². The first kappa shape index (κ1) is 18.5. The fourth-order valence-corrected chi connectivity index (χ4v) is 1.98. The molecule has 0 bridgehead atoms. The molecule has 0 saturated heterocycles. The summed E-state index contributed by atoms with van der Waals surface area (Å²) in [5.41, 5.74) is 2.81. The monoisotopic (exact) mass is 350 g/mol. The number of halogens is 3. The molecule has 0 aliphatic carbocycles. The lowest BCUT2D eigenvalue weighted by Crippen LogP contribution is -2.24. The number of rotatable bonds is 6. The Bertz CT molecular complexity index is 741. The summed E-state index contributed by atoms with van der Waals surface area (Å²) in [5.74, 6) is 0.0389. The van der Waals surface area contributed by atoms with E-state index in [1.54, 1.807) is 12.1 Å². The Morgan fingerprint density at radius 2 is 1.92 bits per heavy atom. The van der Waals surface area contributed by atoms with Crippen molar-refractivity contribution in [2.45, 2.75) is 19.5 Å². The molecule has 132 valence electrons. The molecule has 1 N–H and O–H groups in total. The van der Waals surface area contributed by atoms with E-state index in [9.17, 15) is 18.0 Å². The molecule has 0 fully saturated rings. The smallest absolute Gasteiger partial charge is 0.416 e. The van der Waals surface area contributed by atoms with Crippen molar-refractivity contribution in [1.82, 2.24) is 5.43 Å². The second kappa shape index (κ2) is 8.32. The molecule has 0 heterocycles. The van der Waals surface area contributed by atoms with E-state index in [1.165, 1.54) is 12.1 Å². The zero-order chi connectivity index (χ0) is 18.3. The summed E-state index contributed by atoms with van der Waals surface area (Å²) < 4.78 is 43.1. The Kier molecular flexibility index (Phi) is 6.16.